The van der Waals surface area contributed by atoms with Crippen LogP contribution in [-0.4, -0.2) is 4.98 Å². The molecule has 102 valence electrons. The molecule has 4 nitrogen and oxygen atoms in total. The molecule has 2 N–H and O–H groups in total. The van der Waals surface area contributed by atoms with Crippen LogP contribution < -0.4 is 10.5 Å². The van der Waals surface area contributed by atoms with E-state index in [1.807, 2.05) is 6.07 Å². The van der Waals surface area contributed by atoms with Crippen LogP contribution in [0.15, 0.2) is 36.5 Å². The molecule has 1 aromatic carbocycles. The number of nitrogens with zero attached hydrogens (tertiary/aromatic N) is 2. The van der Waals surface area contributed by atoms with Gasteiger partial charge in [-0.2, -0.15) is 18.4 Å². The second-order valence-corrected chi connectivity index (χ2v) is 3.85. The summed E-state index contributed by atoms with van der Waals surface area (Å²) >= 11 is 0. The third-order valence-corrected chi connectivity index (χ3v) is 2.40. The van der Waals surface area contributed by atoms with Crippen molar-refractivity contribution >= 4 is 5.69 Å². The molecule has 1 aromatic heterocycles. The molecule has 7 heteroatoms. The fraction of sp³-hybridized carbons (Fsp3) is 0.0769. The van der Waals surface area contributed by atoms with Crippen LogP contribution in [0.3, 0.4) is 0 Å². The van der Waals surface area contributed by atoms with Crippen LogP contribution in [0.1, 0.15) is 11.1 Å². The van der Waals surface area contributed by atoms with Gasteiger partial charge in [0.2, 0.25) is 5.88 Å². The van der Waals surface area contributed by atoms with E-state index in [1.165, 1.54) is 18.2 Å². The number of benzene rings is 1. The highest BCUT2D eigenvalue weighted by Crippen LogP contribution is 2.30. The Hall–Kier alpha value is -2.75. The molecule has 0 amide bonds. The molecule has 2 aromatic rings. The molecule has 0 aliphatic heterocycles. The van der Waals surface area contributed by atoms with Gasteiger partial charge in [-0.1, -0.05) is 0 Å². The van der Waals surface area contributed by atoms with Gasteiger partial charge in [0.25, 0.3) is 0 Å². The molecule has 20 heavy (non-hydrogen) atoms. The summed E-state index contributed by atoms with van der Waals surface area (Å²) in [4.78, 5) is 3.56. The largest absolute Gasteiger partial charge is 0.438 e. The van der Waals surface area contributed by atoms with Crippen molar-refractivity contribution in [2.75, 3.05) is 5.73 Å². The van der Waals surface area contributed by atoms with Crippen LogP contribution >= 0.6 is 0 Å². The monoisotopic (exact) mass is 279 g/mol. The fourth-order valence-corrected chi connectivity index (χ4v) is 1.44. The Bertz CT molecular complexity index is 660. The first kappa shape index (κ1) is 13.7. The highest BCUT2D eigenvalue weighted by atomic mass is 19.4. The van der Waals surface area contributed by atoms with Crippen molar-refractivity contribution in [3.8, 4) is 17.7 Å². The van der Waals surface area contributed by atoms with Gasteiger partial charge in [-0.3, -0.25) is 0 Å². The number of pyridine rings is 1. The lowest BCUT2D eigenvalue weighted by atomic mass is 10.2. The second kappa shape index (κ2) is 5.09. The first-order chi connectivity index (χ1) is 9.40. The summed E-state index contributed by atoms with van der Waals surface area (Å²) < 4.78 is 42.4. The number of nitrogens with two attached hydrogens (primary N) is 1. The van der Waals surface area contributed by atoms with Crippen molar-refractivity contribution in [3.63, 3.8) is 0 Å². The van der Waals surface area contributed by atoms with Gasteiger partial charge in [0, 0.05) is 18.0 Å². The van der Waals surface area contributed by atoms with Gasteiger partial charge in [-0.15, -0.1) is 0 Å². The Morgan fingerprint density at radius 1 is 1.20 bits per heavy atom. The van der Waals surface area contributed by atoms with E-state index in [4.69, 9.17) is 15.7 Å². The maximum atomic E-state index is 12.4. The van der Waals surface area contributed by atoms with E-state index in [1.54, 1.807) is 0 Å². The predicted octanol–water partition coefficient (Wildman–Crippen LogP) is 3.35. The Labute approximate surface area is 112 Å². The van der Waals surface area contributed by atoms with Crippen LogP contribution in [0.25, 0.3) is 0 Å². The lowest BCUT2D eigenvalue weighted by molar-refractivity contribution is -0.137. The van der Waals surface area contributed by atoms with Crippen molar-refractivity contribution in [2.24, 2.45) is 0 Å². The number of ether oxygens (including phenoxy) is 1. The number of nitriles is 1. The first-order valence-electron chi connectivity index (χ1n) is 5.41. The summed E-state index contributed by atoms with van der Waals surface area (Å²) in [5.41, 5.74) is 5.20. The summed E-state index contributed by atoms with van der Waals surface area (Å²) in [7, 11) is 0. The summed E-state index contributed by atoms with van der Waals surface area (Å²) in [5, 5.41) is 8.92. The molecule has 0 fully saturated rings. The molecular weight excluding hydrogens is 271 g/mol. The number of halogens is 3. The number of hydrogen-bond acceptors (Lipinski definition) is 4. The SMILES string of the molecule is N#Cc1cc(N)ccc1Oc1ccc(C(F)(F)F)cn1. The first-order valence-corrected chi connectivity index (χ1v) is 5.41. The molecule has 0 saturated heterocycles. The lowest BCUT2D eigenvalue weighted by Crippen LogP contribution is -2.05. The van der Waals surface area contributed by atoms with Crippen molar-refractivity contribution in [1.82, 2.24) is 4.98 Å². The molecule has 0 unspecified atom stereocenters. The molecule has 2 rings (SSSR count). The van der Waals surface area contributed by atoms with Gasteiger partial charge in [0.05, 0.1) is 11.1 Å². The average molecular weight is 279 g/mol. The summed E-state index contributed by atoms with van der Waals surface area (Å²) in [6, 6.07) is 8.18. The Morgan fingerprint density at radius 2 is 1.95 bits per heavy atom. The Morgan fingerprint density at radius 3 is 2.50 bits per heavy atom. The molecule has 0 saturated carbocycles. The standard InChI is InChI=1S/C13H8F3N3O/c14-13(15,16)9-1-4-12(19-7-9)20-11-3-2-10(18)5-8(11)6-17/h1-5,7H,18H2. The number of hydrogen-bond donors (Lipinski definition) is 1. The van der Waals surface area contributed by atoms with E-state index in [0.717, 1.165) is 12.1 Å². The number of alkyl halides is 3. The van der Waals surface area contributed by atoms with Crippen LogP contribution in [0, 0.1) is 11.3 Å². The van der Waals surface area contributed by atoms with Crippen molar-refractivity contribution < 1.29 is 17.9 Å². The molecule has 1 heterocycles. The van der Waals surface area contributed by atoms with E-state index in [0.29, 0.717) is 11.9 Å². The number of rotatable bonds is 2. The maximum absolute atomic E-state index is 12.4. The quantitative estimate of drug-likeness (QED) is 0.856. The minimum atomic E-state index is -4.45. The van der Waals surface area contributed by atoms with Gasteiger partial charge < -0.3 is 10.5 Å². The second-order valence-electron chi connectivity index (χ2n) is 3.85. The maximum Gasteiger partial charge on any atom is 0.417 e. The predicted molar refractivity (Wildman–Crippen MR) is 64.9 cm³/mol. The van der Waals surface area contributed by atoms with Gasteiger partial charge in [-0.05, 0) is 24.3 Å². The average Bonchev–Trinajstić information content (AvgIpc) is 2.40. The Balaban J connectivity index is 2.25. The van der Waals surface area contributed by atoms with E-state index >= 15 is 0 Å². The summed E-state index contributed by atoms with van der Waals surface area (Å²) in [5.74, 6) is 0.133. The Kier molecular flexibility index (Phi) is 3.48. The third kappa shape index (κ3) is 2.98. The van der Waals surface area contributed by atoms with Crippen LogP contribution in [-0.2, 0) is 6.18 Å². The minimum Gasteiger partial charge on any atom is -0.438 e. The number of anilines is 1. The van der Waals surface area contributed by atoms with Crippen LogP contribution in [0.5, 0.6) is 11.6 Å². The highest BCUT2D eigenvalue weighted by Gasteiger charge is 2.30. The molecule has 0 spiro atoms. The van der Waals surface area contributed by atoms with Crippen LogP contribution in [0.4, 0.5) is 18.9 Å². The molecular formula is C13H8F3N3O. The lowest BCUT2D eigenvalue weighted by Gasteiger charge is -2.09. The van der Waals surface area contributed by atoms with E-state index < -0.39 is 11.7 Å². The summed E-state index contributed by atoms with van der Waals surface area (Å²) in [6.07, 6.45) is -3.79. The van der Waals surface area contributed by atoms with Crippen molar-refractivity contribution in [2.45, 2.75) is 6.18 Å². The van der Waals surface area contributed by atoms with Gasteiger partial charge >= 0.3 is 6.18 Å². The van der Waals surface area contributed by atoms with Gasteiger partial charge in [-0.25, -0.2) is 4.98 Å². The zero-order valence-electron chi connectivity index (χ0n) is 9.98. The number of nitrogen functional groups attached to an aromatic ring is 1. The molecule has 0 bridgehead atoms. The number of aromatic nitrogens is 1. The summed E-state index contributed by atoms with van der Waals surface area (Å²) in [6.45, 7) is 0. The molecule has 0 aliphatic carbocycles. The van der Waals surface area contributed by atoms with E-state index in [-0.39, 0.29) is 17.2 Å². The molecule has 0 radical (unpaired) electrons. The van der Waals surface area contributed by atoms with E-state index in [9.17, 15) is 13.2 Å². The third-order valence-electron chi connectivity index (χ3n) is 2.40. The van der Waals surface area contributed by atoms with Crippen molar-refractivity contribution in [3.05, 3.63) is 47.7 Å². The highest BCUT2D eigenvalue weighted by molar-refractivity contribution is 5.53. The molecule has 0 aliphatic rings. The topological polar surface area (TPSA) is 71.9 Å². The smallest absolute Gasteiger partial charge is 0.417 e. The van der Waals surface area contributed by atoms with Crippen LogP contribution in [0.2, 0.25) is 0 Å². The zero-order valence-corrected chi connectivity index (χ0v) is 9.98. The van der Waals surface area contributed by atoms with Gasteiger partial charge in [0.1, 0.15) is 11.8 Å². The minimum absolute atomic E-state index is 0.0423. The van der Waals surface area contributed by atoms with E-state index in [2.05, 4.69) is 4.98 Å². The van der Waals surface area contributed by atoms with Crippen molar-refractivity contribution in [1.29, 1.82) is 5.26 Å². The van der Waals surface area contributed by atoms with Gasteiger partial charge in [0.15, 0.2) is 0 Å². The normalized spacial score (nSPS) is 10.9. The molecule has 0 atom stereocenters. The zero-order chi connectivity index (χ0) is 14.8. The fourth-order valence-electron chi connectivity index (χ4n) is 1.44.